The zero-order valence-corrected chi connectivity index (χ0v) is 16.4. The van der Waals surface area contributed by atoms with Crippen LogP contribution < -0.4 is 0 Å². The minimum atomic E-state index is 0.109. The van der Waals surface area contributed by atoms with Crippen LogP contribution in [0.4, 0.5) is 0 Å². The first-order valence-electron chi connectivity index (χ1n) is 8.91. The summed E-state index contributed by atoms with van der Waals surface area (Å²) in [5, 5.41) is 3.86. The Bertz CT molecular complexity index is 919. The number of aromatic nitrogens is 1. The Balaban J connectivity index is 1.49. The summed E-state index contributed by atoms with van der Waals surface area (Å²) in [6, 6.07) is 12.0. The topological polar surface area (TPSA) is 28.5 Å². The summed E-state index contributed by atoms with van der Waals surface area (Å²) in [5.41, 5.74) is 1.73. The van der Waals surface area contributed by atoms with Crippen molar-refractivity contribution in [2.24, 2.45) is 7.05 Å². The average molecular weight is 388 g/mol. The van der Waals surface area contributed by atoms with Gasteiger partial charge in [0.15, 0.2) is 0 Å². The summed E-state index contributed by atoms with van der Waals surface area (Å²) < 4.78 is 1.96. The Hall–Kier alpha value is -1.82. The van der Waals surface area contributed by atoms with E-state index in [2.05, 4.69) is 22.4 Å². The van der Waals surface area contributed by atoms with Gasteiger partial charge in [-0.25, -0.2) is 0 Å². The van der Waals surface area contributed by atoms with Crippen LogP contribution >= 0.6 is 22.9 Å². The van der Waals surface area contributed by atoms with E-state index in [1.807, 2.05) is 40.8 Å². The maximum Gasteiger partial charge on any atom is 0.270 e. The Labute approximate surface area is 162 Å². The van der Waals surface area contributed by atoms with Gasteiger partial charge in [0, 0.05) is 60.6 Å². The maximum atomic E-state index is 13.1. The lowest BCUT2D eigenvalue weighted by atomic mass is 10.2. The molecule has 0 atom stereocenters. The van der Waals surface area contributed by atoms with Gasteiger partial charge in [-0.1, -0.05) is 23.7 Å². The van der Waals surface area contributed by atoms with E-state index in [4.69, 9.17) is 11.6 Å². The van der Waals surface area contributed by atoms with Gasteiger partial charge in [-0.3, -0.25) is 9.69 Å². The maximum absolute atomic E-state index is 13.1. The van der Waals surface area contributed by atoms with Gasteiger partial charge in [0.25, 0.3) is 5.91 Å². The van der Waals surface area contributed by atoms with Gasteiger partial charge in [-0.05, 0) is 36.1 Å². The van der Waals surface area contributed by atoms with Crippen molar-refractivity contribution in [3.8, 4) is 0 Å². The number of halogens is 1. The number of nitrogens with zero attached hydrogens (tertiary/aromatic N) is 3. The van der Waals surface area contributed by atoms with E-state index in [9.17, 15) is 4.79 Å². The van der Waals surface area contributed by atoms with Crippen LogP contribution in [0.15, 0.2) is 41.8 Å². The van der Waals surface area contributed by atoms with Gasteiger partial charge >= 0.3 is 0 Å². The molecule has 3 aromatic rings. The number of benzene rings is 1. The molecule has 0 radical (unpaired) electrons. The summed E-state index contributed by atoms with van der Waals surface area (Å²) in [4.78, 5) is 18.9. The van der Waals surface area contributed by atoms with E-state index in [-0.39, 0.29) is 5.91 Å². The lowest BCUT2D eigenvalue weighted by molar-refractivity contribution is 0.0752. The average Bonchev–Trinajstić information content (AvgIpc) is 3.17. The molecule has 136 valence electrons. The predicted molar refractivity (Wildman–Crippen MR) is 108 cm³/mol. The summed E-state index contributed by atoms with van der Waals surface area (Å²) >= 11 is 7.91. The van der Waals surface area contributed by atoms with E-state index in [1.165, 1.54) is 4.88 Å². The lowest BCUT2D eigenvalue weighted by Crippen LogP contribution is -2.35. The molecule has 1 saturated heterocycles. The zero-order valence-electron chi connectivity index (χ0n) is 14.8. The first kappa shape index (κ1) is 17.6. The predicted octanol–water partition coefficient (Wildman–Crippen LogP) is 4.24. The van der Waals surface area contributed by atoms with Crippen LogP contribution in [0.2, 0.25) is 5.02 Å². The highest BCUT2D eigenvalue weighted by molar-refractivity contribution is 7.09. The molecule has 1 fully saturated rings. The molecule has 4 nitrogen and oxygen atoms in total. The SMILES string of the molecule is Cn1c(C(=O)N2CCCN(Cc3cccs3)CC2)cc2ccc(Cl)cc21. The van der Waals surface area contributed by atoms with Crippen LogP contribution in [-0.4, -0.2) is 46.5 Å². The number of carbonyl (C=O) groups excluding carboxylic acids is 1. The number of aryl methyl sites for hydroxylation is 1. The van der Waals surface area contributed by atoms with Crippen molar-refractivity contribution >= 4 is 39.7 Å². The van der Waals surface area contributed by atoms with E-state index in [0.717, 1.165) is 55.7 Å². The van der Waals surface area contributed by atoms with E-state index in [1.54, 1.807) is 11.3 Å². The fourth-order valence-electron chi connectivity index (χ4n) is 3.63. The zero-order chi connectivity index (χ0) is 18.1. The fourth-order valence-corrected chi connectivity index (χ4v) is 4.54. The second-order valence-corrected chi connectivity index (χ2v) is 8.26. The highest BCUT2D eigenvalue weighted by Crippen LogP contribution is 2.24. The number of hydrogen-bond acceptors (Lipinski definition) is 3. The van der Waals surface area contributed by atoms with Crippen LogP contribution in [0.3, 0.4) is 0 Å². The number of thiophene rings is 1. The Kier molecular flexibility index (Phi) is 5.02. The lowest BCUT2D eigenvalue weighted by Gasteiger charge is -2.22. The van der Waals surface area contributed by atoms with Crippen molar-refractivity contribution in [1.82, 2.24) is 14.4 Å². The monoisotopic (exact) mass is 387 g/mol. The number of rotatable bonds is 3. The molecule has 1 aromatic carbocycles. The molecule has 3 heterocycles. The van der Waals surface area contributed by atoms with E-state index >= 15 is 0 Å². The highest BCUT2D eigenvalue weighted by atomic mass is 35.5. The molecular formula is C20H22ClN3OS. The standard InChI is InChI=1S/C20H22ClN3OS/c1-22-18-13-16(21)6-5-15(18)12-19(22)20(25)24-8-3-7-23(9-10-24)14-17-4-2-11-26-17/h2,4-6,11-13H,3,7-10,14H2,1H3. The van der Waals surface area contributed by atoms with Gasteiger partial charge in [-0.2, -0.15) is 0 Å². The van der Waals surface area contributed by atoms with Gasteiger partial charge < -0.3 is 9.47 Å². The van der Waals surface area contributed by atoms with Gasteiger partial charge in [0.2, 0.25) is 0 Å². The molecule has 1 aliphatic heterocycles. The van der Waals surface area contributed by atoms with Gasteiger partial charge in [0.05, 0.1) is 0 Å². The first-order valence-corrected chi connectivity index (χ1v) is 10.2. The third-order valence-electron chi connectivity index (χ3n) is 5.06. The molecule has 6 heteroatoms. The Morgan fingerprint density at radius 3 is 2.85 bits per heavy atom. The summed E-state index contributed by atoms with van der Waals surface area (Å²) in [7, 11) is 1.94. The molecule has 0 aliphatic carbocycles. The van der Waals surface area contributed by atoms with Gasteiger partial charge in [0.1, 0.15) is 5.69 Å². The second-order valence-electron chi connectivity index (χ2n) is 6.79. The molecule has 0 saturated carbocycles. The van der Waals surface area contributed by atoms with Crippen LogP contribution in [0.5, 0.6) is 0 Å². The van der Waals surface area contributed by atoms with Crippen molar-refractivity contribution in [2.45, 2.75) is 13.0 Å². The Morgan fingerprint density at radius 1 is 1.15 bits per heavy atom. The summed E-state index contributed by atoms with van der Waals surface area (Å²) in [5.74, 6) is 0.109. The highest BCUT2D eigenvalue weighted by Gasteiger charge is 2.23. The summed E-state index contributed by atoms with van der Waals surface area (Å²) in [6.07, 6.45) is 1.01. The molecule has 1 aliphatic rings. The number of amides is 1. The quantitative estimate of drug-likeness (QED) is 0.672. The molecular weight excluding hydrogens is 366 g/mol. The normalized spacial score (nSPS) is 16.2. The minimum absolute atomic E-state index is 0.109. The van der Waals surface area contributed by atoms with Gasteiger partial charge in [-0.15, -0.1) is 11.3 Å². The number of fused-ring (bicyclic) bond motifs is 1. The third kappa shape index (κ3) is 3.52. The molecule has 2 aromatic heterocycles. The van der Waals surface area contributed by atoms with Crippen LogP contribution in [0.1, 0.15) is 21.8 Å². The largest absolute Gasteiger partial charge is 0.340 e. The molecule has 1 amide bonds. The number of hydrogen-bond donors (Lipinski definition) is 0. The van der Waals surface area contributed by atoms with Crippen LogP contribution in [0, 0.1) is 0 Å². The molecule has 0 N–H and O–H groups in total. The van der Waals surface area contributed by atoms with E-state index in [0.29, 0.717) is 5.02 Å². The molecule has 0 spiro atoms. The first-order chi connectivity index (χ1) is 12.6. The van der Waals surface area contributed by atoms with Crippen molar-refractivity contribution in [3.63, 3.8) is 0 Å². The van der Waals surface area contributed by atoms with Crippen molar-refractivity contribution in [1.29, 1.82) is 0 Å². The third-order valence-corrected chi connectivity index (χ3v) is 6.16. The van der Waals surface area contributed by atoms with Crippen LogP contribution in [-0.2, 0) is 13.6 Å². The minimum Gasteiger partial charge on any atom is -0.340 e. The van der Waals surface area contributed by atoms with E-state index < -0.39 is 0 Å². The second kappa shape index (κ2) is 7.43. The van der Waals surface area contributed by atoms with Crippen molar-refractivity contribution in [2.75, 3.05) is 26.2 Å². The molecule has 0 bridgehead atoms. The fraction of sp³-hybridized carbons (Fsp3) is 0.350. The van der Waals surface area contributed by atoms with Crippen LogP contribution in [0.25, 0.3) is 10.9 Å². The van der Waals surface area contributed by atoms with Crippen molar-refractivity contribution in [3.05, 3.63) is 57.4 Å². The molecule has 4 rings (SSSR count). The number of carbonyl (C=O) groups is 1. The molecule has 26 heavy (non-hydrogen) atoms. The Morgan fingerprint density at radius 2 is 2.04 bits per heavy atom. The molecule has 0 unspecified atom stereocenters. The summed E-state index contributed by atoms with van der Waals surface area (Å²) in [6.45, 7) is 4.51. The smallest absolute Gasteiger partial charge is 0.270 e. The van der Waals surface area contributed by atoms with Crippen molar-refractivity contribution < 1.29 is 4.79 Å².